The van der Waals surface area contributed by atoms with Gasteiger partial charge in [0.2, 0.25) is 11.8 Å². The Kier molecular flexibility index (Phi) is 10.6. The molecular formula is C26H40N4O6. The number of hydrogen-bond donors (Lipinski definition) is 4. The third-order valence-electron chi connectivity index (χ3n) is 6.20. The van der Waals surface area contributed by atoms with Crippen LogP contribution < -0.4 is 21.8 Å². The molecule has 1 aromatic heterocycles. The molecular weight excluding hydrogens is 464 g/mol. The van der Waals surface area contributed by atoms with Crippen LogP contribution in [-0.4, -0.2) is 47.4 Å². The smallest absolute Gasteiger partial charge is 0.250 e. The van der Waals surface area contributed by atoms with E-state index in [9.17, 15) is 14.4 Å². The highest BCUT2D eigenvalue weighted by Crippen LogP contribution is 2.25. The molecule has 3 atom stereocenters. The van der Waals surface area contributed by atoms with Crippen molar-refractivity contribution in [1.82, 2.24) is 20.8 Å². The standard InChI is InChI=1S/C26H40N4O6/c1-16(2)13-19(24(32)28-23(25(33)27-6)26(3,4)5)21(15-36-29-34)35-14-17-9-8-10-20-18(17)11-12-22(31)30(20)7/h8-12,16,19,21,23,29,34H,13-15H2,1-7H3,(H,27,33)(H,28,32). The third kappa shape index (κ3) is 7.60. The van der Waals surface area contributed by atoms with Gasteiger partial charge in [0, 0.05) is 25.5 Å². The van der Waals surface area contributed by atoms with Crippen molar-refractivity contribution in [1.29, 1.82) is 0 Å². The van der Waals surface area contributed by atoms with E-state index in [0.29, 0.717) is 6.42 Å². The number of amides is 2. The van der Waals surface area contributed by atoms with Gasteiger partial charge >= 0.3 is 0 Å². The van der Waals surface area contributed by atoms with Crippen molar-refractivity contribution in [3.8, 4) is 0 Å². The Hall–Kier alpha value is -2.79. The summed E-state index contributed by atoms with van der Waals surface area (Å²) in [6.45, 7) is 9.67. The van der Waals surface area contributed by atoms with Gasteiger partial charge in [-0.05, 0) is 35.4 Å². The lowest BCUT2D eigenvalue weighted by Gasteiger charge is -2.33. The minimum atomic E-state index is -0.749. The van der Waals surface area contributed by atoms with Crippen molar-refractivity contribution in [2.45, 2.75) is 59.8 Å². The summed E-state index contributed by atoms with van der Waals surface area (Å²) in [6.07, 6.45) is -0.264. The van der Waals surface area contributed by atoms with Crippen LogP contribution in [0.5, 0.6) is 0 Å². The number of carbonyl (C=O) groups excluding carboxylic acids is 2. The van der Waals surface area contributed by atoms with Crippen molar-refractivity contribution >= 4 is 22.7 Å². The fraction of sp³-hybridized carbons (Fsp3) is 0.577. The average molecular weight is 505 g/mol. The van der Waals surface area contributed by atoms with Crippen LogP contribution in [0, 0.1) is 17.3 Å². The van der Waals surface area contributed by atoms with E-state index in [2.05, 4.69) is 10.6 Å². The minimum Gasteiger partial charge on any atom is -0.370 e. The molecule has 2 amide bonds. The Morgan fingerprint density at radius 3 is 2.39 bits per heavy atom. The van der Waals surface area contributed by atoms with Crippen molar-refractivity contribution < 1.29 is 24.4 Å². The number of hydrogen-bond acceptors (Lipinski definition) is 7. The molecule has 200 valence electrons. The van der Waals surface area contributed by atoms with Crippen molar-refractivity contribution in [3.63, 3.8) is 0 Å². The summed E-state index contributed by atoms with van der Waals surface area (Å²) in [5.74, 6) is -1.13. The number of ether oxygens (including phenoxy) is 1. The van der Waals surface area contributed by atoms with Crippen LogP contribution in [0.25, 0.3) is 10.9 Å². The van der Waals surface area contributed by atoms with Gasteiger partial charge in [-0.2, -0.15) is 0 Å². The topological polar surface area (TPSA) is 131 Å². The average Bonchev–Trinajstić information content (AvgIpc) is 2.82. The van der Waals surface area contributed by atoms with Crippen LogP contribution in [0.15, 0.2) is 35.1 Å². The van der Waals surface area contributed by atoms with Crippen LogP contribution in [0.2, 0.25) is 0 Å². The van der Waals surface area contributed by atoms with Crippen LogP contribution in [-0.2, 0) is 32.8 Å². The van der Waals surface area contributed by atoms with Gasteiger partial charge in [0.05, 0.1) is 30.8 Å². The molecule has 0 fully saturated rings. The summed E-state index contributed by atoms with van der Waals surface area (Å²) >= 11 is 0. The zero-order valence-corrected chi connectivity index (χ0v) is 22.3. The number of nitrogens with zero attached hydrogens (tertiary/aromatic N) is 1. The Morgan fingerprint density at radius 1 is 1.11 bits per heavy atom. The van der Waals surface area contributed by atoms with E-state index in [1.54, 1.807) is 23.3 Å². The van der Waals surface area contributed by atoms with Gasteiger partial charge in [0.1, 0.15) is 6.04 Å². The Balaban J connectivity index is 2.35. The first-order valence-electron chi connectivity index (χ1n) is 12.1. The quantitative estimate of drug-likeness (QED) is 0.326. The minimum absolute atomic E-state index is 0.106. The Morgan fingerprint density at radius 2 is 1.81 bits per heavy atom. The van der Waals surface area contributed by atoms with Gasteiger partial charge < -0.3 is 19.9 Å². The summed E-state index contributed by atoms with van der Waals surface area (Å²) < 4.78 is 7.79. The van der Waals surface area contributed by atoms with Gasteiger partial charge in [-0.1, -0.05) is 52.4 Å². The summed E-state index contributed by atoms with van der Waals surface area (Å²) in [7, 11) is 3.24. The molecule has 1 aromatic carbocycles. The molecule has 2 aromatic rings. The van der Waals surface area contributed by atoms with Gasteiger partial charge in [-0.25, -0.2) is 0 Å². The number of nitrogens with one attached hydrogen (secondary N) is 3. The van der Waals surface area contributed by atoms with Crippen LogP contribution in [0.1, 0.15) is 46.6 Å². The molecule has 0 saturated carbocycles. The van der Waals surface area contributed by atoms with Crippen molar-refractivity contribution in [3.05, 3.63) is 46.2 Å². The second-order valence-electron chi connectivity index (χ2n) is 10.5. The number of carbonyl (C=O) groups is 2. The fourth-order valence-corrected chi connectivity index (χ4v) is 4.20. The zero-order chi connectivity index (χ0) is 27.0. The molecule has 2 rings (SSSR count). The largest absolute Gasteiger partial charge is 0.370 e. The van der Waals surface area contributed by atoms with E-state index < -0.39 is 23.5 Å². The molecule has 4 N–H and O–H groups in total. The number of likely N-dealkylation sites (N-methyl/N-ethyl adjacent to an activating group) is 1. The van der Waals surface area contributed by atoms with Crippen molar-refractivity contribution in [2.75, 3.05) is 13.7 Å². The van der Waals surface area contributed by atoms with Crippen LogP contribution in [0.4, 0.5) is 0 Å². The lowest BCUT2D eigenvalue weighted by atomic mass is 9.84. The summed E-state index contributed by atoms with van der Waals surface area (Å²) in [5, 5.41) is 15.4. The molecule has 10 nitrogen and oxygen atoms in total. The third-order valence-corrected chi connectivity index (χ3v) is 6.20. The predicted octanol–water partition coefficient (Wildman–Crippen LogP) is 2.27. The maximum atomic E-state index is 13.5. The normalized spacial score (nSPS) is 14.5. The lowest BCUT2D eigenvalue weighted by molar-refractivity contribution is -0.170. The summed E-state index contributed by atoms with van der Waals surface area (Å²) in [4.78, 5) is 43.1. The first-order chi connectivity index (χ1) is 16.9. The van der Waals surface area contributed by atoms with Crippen molar-refractivity contribution in [2.24, 2.45) is 24.3 Å². The number of aryl methyl sites for hydroxylation is 1. The monoisotopic (exact) mass is 504 g/mol. The molecule has 0 bridgehead atoms. The second kappa shape index (κ2) is 13.0. The highest BCUT2D eigenvalue weighted by molar-refractivity contribution is 5.89. The van der Waals surface area contributed by atoms with Gasteiger partial charge in [0.25, 0.3) is 5.56 Å². The van der Waals surface area contributed by atoms with E-state index in [0.717, 1.165) is 16.5 Å². The van der Waals surface area contributed by atoms with Gasteiger partial charge in [-0.3, -0.25) is 24.4 Å². The highest BCUT2D eigenvalue weighted by Gasteiger charge is 2.37. The SMILES string of the molecule is CNC(=O)C(NC(=O)C(CC(C)C)C(CONO)OCc1cccc2c1ccc(=O)n2C)C(C)(C)C. The molecule has 0 aliphatic carbocycles. The summed E-state index contributed by atoms with van der Waals surface area (Å²) in [6, 6.07) is 8.11. The van der Waals surface area contributed by atoms with E-state index in [1.807, 2.05) is 52.8 Å². The second-order valence-corrected chi connectivity index (χ2v) is 10.5. The van der Waals surface area contributed by atoms with Crippen LogP contribution in [0.3, 0.4) is 0 Å². The first kappa shape index (κ1) is 29.4. The lowest BCUT2D eigenvalue weighted by Crippen LogP contribution is -2.55. The highest BCUT2D eigenvalue weighted by atomic mass is 16.8. The first-order valence-corrected chi connectivity index (χ1v) is 12.1. The van der Waals surface area contributed by atoms with Crippen LogP contribution >= 0.6 is 0 Å². The van der Waals surface area contributed by atoms with Gasteiger partial charge in [0.15, 0.2) is 0 Å². The molecule has 0 aliphatic heterocycles. The number of fused-ring (bicyclic) bond motifs is 1. The van der Waals surface area contributed by atoms with E-state index >= 15 is 0 Å². The number of pyridine rings is 1. The summed E-state index contributed by atoms with van der Waals surface area (Å²) in [5.41, 5.74) is 2.64. The Labute approximate surface area is 212 Å². The fourth-order valence-electron chi connectivity index (χ4n) is 4.20. The molecule has 0 saturated heterocycles. The molecule has 10 heteroatoms. The Bertz CT molecular complexity index is 1090. The number of benzene rings is 1. The molecule has 1 heterocycles. The molecule has 0 spiro atoms. The maximum Gasteiger partial charge on any atom is 0.250 e. The predicted molar refractivity (Wildman–Crippen MR) is 137 cm³/mol. The molecule has 0 radical (unpaired) electrons. The van der Waals surface area contributed by atoms with E-state index in [-0.39, 0.29) is 36.5 Å². The molecule has 0 aliphatic rings. The number of aromatic nitrogens is 1. The van der Waals surface area contributed by atoms with E-state index in [1.165, 1.54) is 13.1 Å². The van der Waals surface area contributed by atoms with Gasteiger partial charge in [-0.15, -0.1) is 0 Å². The maximum absolute atomic E-state index is 13.5. The number of rotatable bonds is 12. The van der Waals surface area contributed by atoms with E-state index in [4.69, 9.17) is 14.8 Å². The zero-order valence-electron chi connectivity index (χ0n) is 22.3. The molecule has 36 heavy (non-hydrogen) atoms. The molecule has 3 unspecified atom stereocenters.